The van der Waals surface area contributed by atoms with Crippen LogP contribution in [0.25, 0.3) is 0 Å². The van der Waals surface area contributed by atoms with Gasteiger partial charge in [-0.1, -0.05) is 0 Å². The molecule has 4 saturated carbocycles. The van der Waals surface area contributed by atoms with Crippen molar-refractivity contribution in [2.75, 3.05) is 6.61 Å². The maximum atomic E-state index is 6.27. The molecule has 180 valence electrons. The number of aromatic nitrogens is 4. The number of nitrogens with two attached hydrogens (primary N) is 2. The summed E-state index contributed by atoms with van der Waals surface area (Å²) in [5.41, 5.74) is 12.2. The Kier molecular flexibility index (Phi) is 7.00. The normalized spacial score (nSPS) is 37.1. The quantitative estimate of drug-likeness (QED) is 0.650. The van der Waals surface area contributed by atoms with Gasteiger partial charge >= 0.3 is 0 Å². The van der Waals surface area contributed by atoms with Crippen LogP contribution in [0.15, 0.2) is 8.83 Å². The van der Waals surface area contributed by atoms with E-state index in [9.17, 15) is 0 Å². The van der Waals surface area contributed by atoms with Gasteiger partial charge in [-0.05, 0) is 64.2 Å². The summed E-state index contributed by atoms with van der Waals surface area (Å²) >= 11 is 0. The van der Waals surface area contributed by atoms with E-state index in [0.717, 1.165) is 70.1 Å². The van der Waals surface area contributed by atoms with E-state index >= 15 is 0 Å². The second-order valence-corrected chi connectivity index (χ2v) is 10.0. The average molecular weight is 489 g/mol. The Morgan fingerprint density at radius 2 is 1.09 bits per heavy atom. The molecule has 0 atom stereocenters. The number of hydrogen-bond acceptors (Lipinski definition) is 9. The van der Waals surface area contributed by atoms with Crippen LogP contribution in [0.2, 0.25) is 0 Å². The lowest BCUT2D eigenvalue weighted by Gasteiger charge is -2.49. The fourth-order valence-electron chi connectivity index (χ4n) is 5.52. The Bertz CT molecular complexity index is 809. The SMILES string of the molecule is Cc1nnc(C23CCC(N)(CC2)CC3)o1.Cc1nnc(C23CCC(N)(CC2)CO3)o1.Cl.Cl. The molecule has 8 rings (SSSR count). The number of fused-ring (bicyclic) bond motifs is 6. The highest BCUT2D eigenvalue weighted by molar-refractivity contribution is 5.85. The third kappa shape index (κ3) is 4.42. The van der Waals surface area contributed by atoms with Gasteiger partial charge < -0.3 is 25.0 Å². The molecular formula is C21H34Cl2N6O3. The topological polar surface area (TPSA) is 139 Å². The number of hydrogen-bond donors (Lipinski definition) is 2. The Morgan fingerprint density at radius 1 is 0.625 bits per heavy atom. The standard InChI is InChI=1S/C11H17N3O.C10H15N3O2.2ClH/c1-8-13-14-9(15-8)10-2-5-11(12,6-3-10)7-4-10;1-7-12-13-8(15-7)10-4-2-9(11,3-5-10)6-14-10;;/h2-7,12H2,1H3;2-6,11H2,1H3;2*1H. The van der Waals surface area contributed by atoms with Crippen LogP contribution in [-0.2, 0) is 15.8 Å². The minimum absolute atomic E-state index is 0. The van der Waals surface area contributed by atoms with Crippen molar-refractivity contribution in [2.45, 2.75) is 100 Å². The lowest BCUT2D eigenvalue weighted by Crippen LogP contribution is -2.58. The molecule has 2 aromatic rings. The summed E-state index contributed by atoms with van der Waals surface area (Å²) in [6, 6.07) is 0. The van der Waals surface area contributed by atoms with Crippen LogP contribution >= 0.6 is 24.8 Å². The summed E-state index contributed by atoms with van der Waals surface area (Å²) in [5.74, 6) is 2.75. The molecule has 4 aliphatic carbocycles. The molecule has 2 aliphatic heterocycles. The summed E-state index contributed by atoms with van der Waals surface area (Å²) < 4.78 is 16.9. The van der Waals surface area contributed by atoms with Crippen molar-refractivity contribution in [3.63, 3.8) is 0 Å². The molecule has 6 fully saturated rings. The van der Waals surface area contributed by atoms with E-state index in [4.69, 9.17) is 25.0 Å². The molecule has 0 amide bonds. The molecule has 0 aromatic carbocycles. The van der Waals surface area contributed by atoms with Gasteiger partial charge in [-0.2, -0.15) is 0 Å². The minimum atomic E-state index is -0.345. The van der Waals surface area contributed by atoms with E-state index in [1.807, 2.05) is 6.92 Å². The Balaban J connectivity index is 0.000000170. The van der Waals surface area contributed by atoms with Crippen molar-refractivity contribution < 1.29 is 13.6 Å². The highest BCUT2D eigenvalue weighted by Crippen LogP contribution is 2.52. The predicted molar refractivity (Wildman–Crippen MR) is 122 cm³/mol. The summed E-state index contributed by atoms with van der Waals surface area (Å²) in [5, 5.41) is 16.1. The van der Waals surface area contributed by atoms with Gasteiger partial charge in [-0.25, -0.2) is 0 Å². The van der Waals surface area contributed by atoms with Crippen LogP contribution in [0.5, 0.6) is 0 Å². The molecular weight excluding hydrogens is 455 g/mol. The molecule has 2 saturated heterocycles. The largest absolute Gasteiger partial charge is 0.425 e. The Hall–Kier alpha value is -1.26. The van der Waals surface area contributed by atoms with E-state index < -0.39 is 0 Å². The van der Waals surface area contributed by atoms with Crippen LogP contribution < -0.4 is 11.5 Å². The lowest BCUT2D eigenvalue weighted by molar-refractivity contribution is -0.171. The summed E-state index contributed by atoms with van der Waals surface area (Å²) in [6.07, 6.45) is 10.4. The van der Waals surface area contributed by atoms with Gasteiger partial charge in [-0.15, -0.1) is 45.2 Å². The molecule has 4 N–H and O–H groups in total. The third-order valence-electron chi connectivity index (χ3n) is 7.89. The lowest BCUT2D eigenvalue weighted by atomic mass is 9.57. The van der Waals surface area contributed by atoms with Crippen LogP contribution in [0.3, 0.4) is 0 Å². The molecule has 9 nitrogen and oxygen atoms in total. The van der Waals surface area contributed by atoms with Crippen molar-refractivity contribution in [1.29, 1.82) is 0 Å². The molecule has 4 heterocycles. The van der Waals surface area contributed by atoms with E-state index in [1.54, 1.807) is 6.92 Å². The molecule has 2 aromatic heterocycles. The van der Waals surface area contributed by atoms with Crippen molar-refractivity contribution in [2.24, 2.45) is 11.5 Å². The summed E-state index contributed by atoms with van der Waals surface area (Å²) in [6.45, 7) is 4.26. The van der Waals surface area contributed by atoms with Gasteiger partial charge in [0.05, 0.1) is 6.61 Å². The first-order valence-corrected chi connectivity index (χ1v) is 11.1. The smallest absolute Gasteiger partial charge is 0.248 e. The summed E-state index contributed by atoms with van der Waals surface area (Å²) in [7, 11) is 0. The van der Waals surface area contributed by atoms with E-state index in [0.29, 0.717) is 24.3 Å². The molecule has 0 unspecified atom stereocenters. The second-order valence-electron chi connectivity index (χ2n) is 10.0. The van der Waals surface area contributed by atoms with Crippen LogP contribution in [0, 0.1) is 13.8 Å². The molecule has 4 bridgehead atoms. The fourth-order valence-corrected chi connectivity index (χ4v) is 5.52. The van der Waals surface area contributed by atoms with Crippen LogP contribution in [-0.4, -0.2) is 38.1 Å². The van der Waals surface area contributed by atoms with Gasteiger partial charge in [-0.3, -0.25) is 0 Å². The van der Waals surface area contributed by atoms with Gasteiger partial charge in [0.15, 0.2) is 0 Å². The van der Waals surface area contributed by atoms with Crippen molar-refractivity contribution in [3.8, 4) is 0 Å². The molecule has 6 aliphatic rings. The number of ether oxygens (including phenoxy) is 1. The monoisotopic (exact) mass is 488 g/mol. The van der Waals surface area contributed by atoms with Gasteiger partial charge in [0.25, 0.3) is 0 Å². The highest BCUT2D eigenvalue weighted by Gasteiger charge is 2.52. The van der Waals surface area contributed by atoms with Gasteiger partial charge in [0.2, 0.25) is 23.6 Å². The van der Waals surface area contributed by atoms with E-state index in [-0.39, 0.29) is 46.9 Å². The first-order chi connectivity index (χ1) is 14.2. The predicted octanol–water partition coefficient (Wildman–Crippen LogP) is 3.40. The van der Waals surface area contributed by atoms with Gasteiger partial charge in [0.1, 0.15) is 5.60 Å². The molecule has 0 radical (unpaired) electrons. The van der Waals surface area contributed by atoms with E-state index in [1.165, 1.54) is 0 Å². The number of halogens is 2. The minimum Gasteiger partial charge on any atom is -0.425 e. The maximum Gasteiger partial charge on any atom is 0.248 e. The number of nitrogens with zero attached hydrogens (tertiary/aromatic N) is 4. The number of aryl methyl sites for hydroxylation is 2. The van der Waals surface area contributed by atoms with Crippen LogP contribution in [0.4, 0.5) is 0 Å². The van der Waals surface area contributed by atoms with Crippen molar-refractivity contribution >= 4 is 24.8 Å². The molecule has 0 spiro atoms. The van der Waals surface area contributed by atoms with E-state index in [2.05, 4.69) is 20.4 Å². The Morgan fingerprint density at radius 3 is 1.50 bits per heavy atom. The van der Waals surface area contributed by atoms with Crippen molar-refractivity contribution in [1.82, 2.24) is 20.4 Å². The zero-order valence-corrected chi connectivity index (χ0v) is 20.4. The van der Waals surface area contributed by atoms with Crippen molar-refractivity contribution in [3.05, 3.63) is 23.6 Å². The highest BCUT2D eigenvalue weighted by atomic mass is 35.5. The fraction of sp³-hybridized carbons (Fsp3) is 0.810. The first-order valence-electron chi connectivity index (χ1n) is 11.1. The molecule has 11 heteroatoms. The zero-order valence-electron chi connectivity index (χ0n) is 18.8. The average Bonchev–Trinajstić information content (AvgIpc) is 3.39. The number of rotatable bonds is 2. The maximum absolute atomic E-state index is 6.27. The third-order valence-corrected chi connectivity index (χ3v) is 7.89. The first kappa shape index (κ1) is 25.4. The van der Waals surface area contributed by atoms with Gasteiger partial charge in [0, 0.05) is 30.3 Å². The molecule has 32 heavy (non-hydrogen) atoms. The van der Waals surface area contributed by atoms with Crippen LogP contribution in [0.1, 0.15) is 87.8 Å². The second kappa shape index (κ2) is 8.83. The summed E-state index contributed by atoms with van der Waals surface area (Å²) in [4.78, 5) is 0. The Labute approximate surface area is 200 Å². The zero-order chi connectivity index (χ0) is 21.0.